The summed E-state index contributed by atoms with van der Waals surface area (Å²) in [4.78, 5) is 23.9. The third-order valence-electron chi connectivity index (χ3n) is 6.29. The van der Waals surface area contributed by atoms with Crippen LogP contribution in [0.15, 0.2) is 96.1 Å². The van der Waals surface area contributed by atoms with Crippen LogP contribution in [0.1, 0.15) is 60.7 Å². The summed E-state index contributed by atoms with van der Waals surface area (Å²) in [7, 11) is 0. The maximum Gasteiger partial charge on any atom is 0.303 e. The molecule has 0 bridgehead atoms. The van der Waals surface area contributed by atoms with Gasteiger partial charge in [0.05, 0.1) is 12.1 Å². The number of carbonyl (C=O) groups is 2. The Morgan fingerprint density at radius 2 is 1.47 bits per heavy atom. The predicted molar refractivity (Wildman–Crippen MR) is 151 cm³/mol. The van der Waals surface area contributed by atoms with Gasteiger partial charge in [-0.2, -0.15) is 5.10 Å². The quantitative estimate of drug-likeness (QED) is 0.194. The van der Waals surface area contributed by atoms with Crippen molar-refractivity contribution < 1.29 is 19.4 Å². The number of carboxylic acids is 1. The number of ether oxygens (including phenoxy) is 1. The number of carboxylic acid groups (broad SMARTS) is 1. The van der Waals surface area contributed by atoms with Gasteiger partial charge in [0.2, 0.25) is 0 Å². The number of aliphatic carboxylic acids is 1. The summed E-state index contributed by atoms with van der Waals surface area (Å²) < 4.78 is 5.93. The summed E-state index contributed by atoms with van der Waals surface area (Å²) in [5.41, 5.74) is 6.41. The topological polar surface area (TPSA) is 88.0 Å². The molecule has 2 N–H and O–H groups in total. The van der Waals surface area contributed by atoms with Gasteiger partial charge in [-0.25, -0.2) is 5.43 Å². The molecule has 6 nitrogen and oxygen atoms in total. The van der Waals surface area contributed by atoms with Gasteiger partial charge in [-0.05, 0) is 57.1 Å². The fourth-order valence-electron chi connectivity index (χ4n) is 4.01. The van der Waals surface area contributed by atoms with Crippen LogP contribution in [0.3, 0.4) is 0 Å². The van der Waals surface area contributed by atoms with E-state index in [0.717, 1.165) is 33.2 Å². The maximum atomic E-state index is 12.8. The average molecular weight is 509 g/mol. The third-order valence-corrected chi connectivity index (χ3v) is 6.29. The van der Waals surface area contributed by atoms with Gasteiger partial charge in [0.15, 0.2) is 0 Å². The summed E-state index contributed by atoms with van der Waals surface area (Å²) in [6.07, 6.45) is 0.122. The van der Waals surface area contributed by atoms with E-state index in [1.807, 2.05) is 72.8 Å². The van der Waals surface area contributed by atoms with Gasteiger partial charge >= 0.3 is 5.97 Å². The zero-order valence-electron chi connectivity index (χ0n) is 21.9. The van der Waals surface area contributed by atoms with Crippen LogP contribution in [-0.4, -0.2) is 22.7 Å². The first-order chi connectivity index (χ1) is 18.2. The molecule has 0 unspecified atom stereocenters. The van der Waals surface area contributed by atoms with Crippen LogP contribution >= 0.6 is 0 Å². The molecule has 0 atom stereocenters. The Labute approximate surface area is 223 Å². The van der Waals surface area contributed by atoms with Crippen molar-refractivity contribution in [3.63, 3.8) is 0 Å². The summed E-state index contributed by atoms with van der Waals surface area (Å²) in [5.74, 6) is -0.507. The van der Waals surface area contributed by atoms with Gasteiger partial charge in [0.25, 0.3) is 5.91 Å². The number of nitrogens with one attached hydrogen (secondary N) is 1. The van der Waals surface area contributed by atoms with Gasteiger partial charge in [-0.3, -0.25) is 9.59 Å². The van der Waals surface area contributed by atoms with Crippen molar-refractivity contribution in [2.45, 2.75) is 45.6 Å². The van der Waals surface area contributed by atoms with Crippen LogP contribution in [0.4, 0.5) is 0 Å². The summed E-state index contributed by atoms with van der Waals surface area (Å²) in [6, 6.07) is 29.1. The SMILES string of the molecule is CC(C)(C)c1ccc(/C(CCC(=O)O)=N\NC(=O)c2ccc(COc3ccc4ccccc4c3)cc2)cc1. The minimum absolute atomic E-state index is 0.00219. The lowest BCUT2D eigenvalue weighted by Crippen LogP contribution is -2.21. The van der Waals surface area contributed by atoms with E-state index in [1.54, 1.807) is 12.1 Å². The molecule has 0 aliphatic carbocycles. The number of nitrogens with zero attached hydrogens (tertiary/aromatic N) is 1. The standard InChI is InChI=1S/C32H32N2O4/c1-32(2,3)27-15-12-24(13-16-27)29(18-19-30(35)36)33-34-31(37)25-10-8-22(9-11-25)21-38-28-17-14-23-6-4-5-7-26(23)20-28/h4-17,20H,18-19,21H2,1-3H3,(H,34,37)(H,35,36)/b33-29-. The molecule has 0 saturated carbocycles. The van der Waals surface area contributed by atoms with Gasteiger partial charge < -0.3 is 9.84 Å². The molecule has 4 aromatic carbocycles. The van der Waals surface area contributed by atoms with E-state index in [9.17, 15) is 9.59 Å². The molecule has 0 aliphatic rings. The molecule has 0 spiro atoms. The zero-order valence-corrected chi connectivity index (χ0v) is 21.9. The highest BCUT2D eigenvalue weighted by molar-refractivity contribution is 6.03. The molecule has 0 saturated heterocycles. The van der Waals surface area contributed by atoms with Gasteiger partial charge in [0, 0.05) is 12.0 Å². The van der Waals surface area contributed by atoms with Crippen LogP contribution in [0, 0.1) is 0 Å². The first-order valence-corrected chi connectivity index (χ1v) is 12.6. The monoisotopic (exact) mass is 508 g/mol. The highest BCUT2D eigenvalue weighted by Crippen LogP contribution is 2.23. The van der Waals surface area contributed by atoms with Crippen LogP contribution in [0.2, 0.25) is 0 Å². The number of rotatable bonds is 9. The average Bonchev–Trinajstić information content (AvgIpc) is 2.91. The molecule has 0 fully saturated rings. The third kappa shape index (κ3) is 7.07. The van der Waals surface area contributed by atoms with Crippen molar-refractivity contribution in [2.24, 2.45) is 5.10 Å². The summed E-state index contributed by atoms with van der Waals surface area (Å²) in [5, 5.41) is 15.7. The minimum Gasteiger partial charge on any atom is -0.489 e. The van der Waals surface area contributed by atoms with E-state index in [-0.39, 0.29) is 24.2 Å². The largest absolute Gasteiger partial charge is 0.489 e. The second-order valence-corrected chi connectivity index (χ2v) is 10.2. The molecular weight excluding hydrogens is 476 g/mol. The Morgan fingerprint density at radius 3 is 2.13 bits per heavy atom. The second-order valence-electron chi connectivity index (χ2n) is 10.2. The molecule has 0 radical (unpaired) electrons. The number of hydrogen-bond acceptors (Lipinski definition) is 4. The molecule has 38 heavy (non-hydrogen) atoms. The summed E-state index contributed by atoms with van der Waals surface area (Å²) in [6.45, 7) is 6.76. The normalized spacial score (nSPS) is 11.8. The fourth-order valence-corrected chi connectivity index (χ4v) is 4.01. The number of hydrazone groups is 1. The fraction of sp³-hybridized carbons (Fsp3) is 0.219. The molecule has 1 amide bonds. The number of fused-ring (bicyclic) bond motifs is 1. The molecule has 4 rings (SSSR count). The maximum absolute atomic E-state index is 12.8. The molecule has 6 heteroatoms. The van der Waals surface area contributed by atoms with Gasteiger partial charge in [-0.1, -0.05) is 87.5 Å². The number of amides is 1. The Hall–Kier alpha value is -4.45. The van der Waals surface area contributed by atoms with Crippen molar-refractivity contribution in [3.05, 3.63) is 113 Å². The predicted octanol–water partition coefficient (Wildman–Crippen LogP) is 6.72. The smallest absolute Gasteiger partial charge is 0.303 e. The Balaban J connectivity index is 1.40. The number of carbonyl (C=O) groups excluding carboxylic acids is 1. The van der Waals surface area contributed by atoms with Crippen molar-refractivity contribution in [1.82, 2.24) is 5.43 Å². The molecule has 0 heterocycles. The highest BCUT2D eigenvalue weighted by Gasteiger charge is 2.15. The van der Waals surface area contributed by atoms with Crippen LogP contribution in [0.5, 0.6) is 5.75 Å². The lowest BCUT2D eigenvalue weighted by atomic mass is 9.86. The molecule has 0 aromatic heterocycles. The lowest BCUT2D eigenvalue weighted by Gasteiger charge is -2.19. The zero-order chi connectivity index (χ0) is 27.1. The molecular formula is C32H32N2O4. The van der Waals surface area contributed by atoms with Crippen LogP contribution in [0.25, 0.3) is 10.8 Å². The van der Waals surface area contributed by atoms with E-state index in [2.05, 4.69) is 37.4 Å². The van der Waals surface area contributed by atoms with Crippen LogP contribution < -0.4 is 10.2 Å². The number of benzene rings is 4. The van der Waals surface area contributed by atoms with Crippen molar-refractivity contribution >= 4 is 28.4 Å². The van der Waals surface area contributed by atoms with Crippen molar-refractivity contribution in [1.29, 1.82) is 0 Å². The van der Waals surface area contributed by atoms with E-state index in [1.165, 1.54) is 0 Å². The van der Waals surface area contributed by atoms with Gasteiger partial charge in [0.1, 0.15) is 12.4 Å². The van der Waals surface area contributed by atoms with E-state index < -0.39 is 5.97 Å². The van der Waals surface area contributed by atoms with Crippen molar-refractivity contribution in [2.75, 3.05) is 0 Å². The second kappa shape index (κ2) is 11.7. The number of hydrogen-bond donors (Lipinski definition) is 2. The first kappa shape index (κ1) is 26.6. The van der Waals surface area contributed by atoms with Crippen LogP contribution in [-0.2, 0) is 16.8 Å². The Kier molecular flexibility index (Phi) is 8.22. The molecule has 4 aromatic rings. The van der Waals surface area contributed by atoms with E-state index in [0.29, 0.717) is 17.9 Å². The summed E-state index contributed by atoms with van der Waals surface area (Å²) >= 11 is 0. The van der Waals surface area contributed by atoms with E-state index >= 15 is 0 Å². The van der Waals surface area contributed by atoms with E-state index in [4.69, 9.17) is 9.84 Å². The Morgan fingerprint density at radius 1 is 0.816 bits per heavy atom. The van der Waals surface area contributed by atoms with Gasteiger partial charge in [-0.15, -0.1) is 0 Å². The highest BCUT2D eigenvalue weighted by atomic mass is 16.5. The minimum atomic E-state index is -0.920. The molecule has 194 valence electrons. The Bertz CT molecular complexity index is 1450. The first-order valence-electron chi connectivity index (χ1n) is 12.6. The van der Waals surface area contributed by atoms with Crippen molar-refractivity contribution in [3.8, 4) is 5.75 Å². The lowest BCUT2D eigenvalue weighted by molar-refractivity contribution is -0.136. The molecule has 0 aliphatic heterocycles.